The van der Waals surface area contributed by atoms with E-state index in [4.69, 9.17) is 4.74 Å². The molecule has 2 atom stereocenters. The predicted molar refractivity (Wildman–Crippen MR) is 101 cm³/mol. The van der Waals surface area contributed by atoms with Crippen LogP contribution in [0.25, 0.3) is 0 Å². The van der Waals surface area contributed by atoms with Crippen LogP contribution >= 0.6 is 0 Å². The van der Waals surface area contributed by atoms with E-state index in [1.165, 1.54) is 6.42 Å². The van der Waals surface area contributed by atoms with Crippen molar-refractivity contribution in [3.05, 3.63) is 65.7 Å². The second kappa shape index (κ2) is 8.17. The number of nitrogens with zero attached hydrogens (tertiary/aromatic N) is 1. The highest BCUT2D eigenvalue weighted by Gasteiger charge is 2.28. The van der Waals surface area contributed by atoms with Crippen molar-refractivity contribution in [2.24, 2.45) is 0 Å². The van der Waals surface area contributed by atoms with Gasteiger partial charge >= 0.3 is 0 Å². The quantitative estimate of drug-likeness (QED) is 0.763. The van der Waals surface area contributed by atoms with Crippen molar-refractivity contribution >= 4 is 11.7 Å². The van der Waals surface area contributed by atoms with Crippen molar-refractivity contribution < 1.29 is 14.3 Å². The summed E-state index contributed by atoms with van der Waals surface area (Å²) in [6.45, 7) is 4.22. The van der Waals surface area contributed by atoms with Crippen LogP contribution < -0.4 is 4.74 Å². The minimum Gasteiger partial charge on any atom is -0.484 e. The molecule has 136 valence electrons. The lowest BCUT2D eigenvalue weighted by atomic mass is 9.97. The van der Waals surface area contributed by atoms with E-state index >= 15 is 0 Å². The molecule has 26 heavy (non-hydrogen) atoms. The Kier molecular flexibility index (Phi) is 5.71. The monoisotopic (exact) mass is 351 g/mol. The third-order valence-electron chi connectivity index (χ3n) is 5.00. The average Bonchev–Trinajstić information content (AvgIpc) is 2.67. The van der Waals surface area contributed by atoms with Gasteiger partial charge < -0.3 is 9.64 Å². The number of benzene rings is 2. The molecule has 0 aliphatic carbocycles. The summed E-state index contributed by atoms with van der Waals surface area (Å²) in [4.78, 5) is 26.8. The molecular formula is C22H25NO3. The van der Waals surface area contributed by atoms with Gasteiger partial charge in [0.2, 0.25) is 0 Å². The Bertz CT molecular complexity index is 745. The van der Waals surface area contributed by atoms with Crippen molar-refractivity contribution in [3.8, 4) is 5.75 Å². The summed E-state index contributed by atoms with van der Waals surface area (Å²) < 4.78 is 5.66. The lowest BCUT2D eigenvalue weighted by molar-refractivity contribution is -0.139. The van der Waals surface area contributed by atoms with E-state index in [0.717, 1.165) is 12.8 Å². The third kappa shape index (κ3) is 4.13. The van der Waals surface area contributed by atoms with E-state index in [0.29, 0.717) is 16.9 Å². The van der Waals surface area contributed by atoms with Crippen molar-refractivity contribution in [1.82, 2.24) is 4.90 Å². The zero-order valence-corrected chi connectivity index (χ0v) is 15.4. The molecule has 0 bridgehead atoms. The second-order valence-electron chi connectivity index (χ2n) is 6.94. The zero-order chi connectivity index (χ0) is 18.5. The molecular weight excluding hydrogens is 326 g/mol. The summed E-state index contributed by atoms with van der Waals surface area (Å²) >= 11 is 0. The first kappa shape index (κ1) is 18.2. The fourth-order valence-corrected chi connectivity index (χ4v) is 3.59. The number of likely N-dealkylation sites (tertiary alicyclic amines) is 1. The molecule has 0 radical (unpaired) electrons. The number of amides is 1. The standard InChI is InChI=1S/C22H25NO3/c1-16-7-6-8-17(2)23(16)21(24)15-26-20-13-11-19(12-14-20)22(25)18-9-4-3-5-10-18/h3-5,9-14,16-17H,6-8,15H2,1-2H3/t16-,17-/m1/s1. The van der Waals surface area contributed by atoms with Gasteiger partial charge in [0.15, 0.2) is 12.4 Å². The van der Waals surface area contributed by atoms with Gasteiger partial charge in [0.25, 0.3) is 5.91 Å². The Morgan fingerprint density at radius 1 is 0.923 bits per heavy atom. The van der Waals surface area contributed by atoms with Gasteiger partial charge in [-0.1, -0.05) is 30.3 Å². The highest BCUT2D eigenvalue weighted by atomic mass is 16.5. The van der Waals surface area contributed by atoms with Crippen molar-refractivity contribution in [2.45, 2.75) is 45.2 Å². The molecule has 2 aromatic rings. The second-order valence-corrected chi connectivity index (χ2v) is 6.94. The summed E-state index contributed by atoms with van der Waals surface area (Å²) in [6, 6.07) is 16.7. The number of piperidine rings is 1. The Balaban J connectivity index is 1.59. The minimum absolute atomic E-state index is 0.0224. The number of ether oxygens (including phenoxy) is 1. The van der Waals surface area contributed by atoms with E-state index in [2.05, 4.69) is 13.8 Å². The molecule has 1 aliphatic rings. The average molecular weight is 351 g/mol. The Morgan fingerprint density at radius 3 is 2.12 bits per heavy atom. The smallest absolute Gasteiger partial charge is 0.260 e. The van der Waals surface area contributed by atoms with Crippen molar-refractivity contribution in [1.29, 1.82) is 0 Å². The summed E-state index contributed by atoms with van der Waals surface area (Å²) in [6.07, 6.45) is 3.27. The van der Waals surface area contributed by atoms with Crippen LogP contribution in [0.5, 0.6) is 5.75 Å². The van der Waals surface area contributed by atoms with Crippen molar-refractivity contribution in [2.75, 3.05) is 6.61 Å². The maximum absolute atomic E-state index is 12.5. The molecule has 0 N–H and O–H groups in total. The Labute approximate surface area is 154 Å². The van der Waals surface area contributed by atoms with Crippen LogP contribution in [0.1, 0.15) is 49.0 Å². The van der Waals surface area contributed by atoms with Gasteiger partial charge in [0, 0.05) is 23.2 Å². The summed E-state index contributed by atoms with van der Waals surface area (Å²) in [5.74, 6) is 0.596. The SMILES string of the molecule is C[C@@H]1CCC[C@@H](C)N1C(=O)COc1ccc(C(=O)c2ccccc2)cc1. The topological polar surface area (TPSA) is 46.6 Å². The molecule has 0 spiro atoms. The van der Waals surface area contributed by atoms with E-state index in [-0.39, 0.29) is 30.4 Å². The number of hydrogen-bond donors (Lipinski definition) is 0. The highest BCUT2D eigenvalue weighted by molar-refractivity contribution is 6.08. The van der Waals surface area contributed by atoms with Gasteiger partial charge in [-0.3, -0.25) is 9.59 Å². The molecule has 3 rings (SSSR count). The molecule has 0 aromatic heterocycles. The van der Waals surface area contributed by atoms with E-state index < -0.39 is 0 Å². The maximum atomic E-state index is 12.5. The summed E-state index contributed by atoms with van der Waals surface area (Å²) in [7, 11) is 0. The lowest BCUT2D eigenvalue weighted by Gasteiger charge is -2.38. The van der Waals surface area contributed by atoms with Crippen LogP contribution in [-0.4, -0.2) is 35.3 Å². The van der Waals surface area contributed by atoms with Gasteiger partial charge in [-0.15, -0.1) is 0 Å². The van der Waals surface area contributed by atoms with Crippen LogP contribution in [0, 0.1) is 0 Å². The van der Waals surface area contributed by atoms with E-state index in [9.17, 15) is 9.59 Å². The molecule has 1 aliphatic heterocycles. The normalized spacial score (nSPS) is 19.8. The van der Waals surface area contributed by atoms with E-state index in [1.807, 2.05) is 23.1 Å². The van der Waals surface area contributed by atoms with Gasteiger partial charge in [0.05, 0.1) is 0 Å². The fourth-order valence-electron chi connectivity index (χ4n) is 3.59. The summed E-state index contributed by atoms with van der Waals surface area (Å²) in [5, 5.41) is 0. The molecule has 1 amide bonds. The molecule has 0 saturated carbocycles. The molecule has 4 nitrogen and oxygen atoms in total. The molecule has 1 fully saturated rings. The van der Waals surface area contributed by atoms with Gasteiger partial charge in [-0.2, -0.15) is 0 Å². The van der Waals surface area contributed by atoms with Crippen LogP contribution in [0.3, 0.4) is 0 Å². The molecule has 1 heterocycles. The molecule has 0 unspecified atom stereocenters. The first-order valence-corrected chi connectivity index (χ1v) is 9.20. The van der Waals surface area contributed by atoms with Gasteiger partial charge in [-0.05, 0) is 57.4 Å². The molecule has 2 aromatic carbocycles. The minimum atomic E-state index is -0.0239. The first-order chi connectivity index (χ1) is 12.6. The number of carbonyl (C=O) groups is 2. The summed E-state index contributed by atoms with van der Waals surface area (Å²) in [5.41, 5.74) is 1.26. The van der Waals surface area contributed by atoms with Gasteiger partial charge in [0.1, 0.15) is 5.75 Å². The first-order valence-electron chi connectivity index (χ1n) is 9.20. The van der Waals surface area contributed by atoms with Crippen molar-refractivity contribution in [3.63, 3.8) is 0 Å². The zero-order valence-electron chi connectivity index (χ0n) is 15.4. The van der Waals surface area contributed by atoms with Crippen LogP contribution in [0.4, 0.5) is 0 Å². The highest BCUT2D eigenvalue weighted by Crippen LogP contribution is 2.23. The van der Waals surface area contributed by atoms with Crippen LogP contribution in [0.15, 0.2) is 54.6 Å². The predicted octanol–water partition coefficient (Wildman–Crippen LogP) is 4.09. The number of ketones is 1. The Hall–Kier alpha value is -2.62. The molecule has 1 saturated heterocycles. The largest absolute Gasteiger partial charge is 0.484 e. The molecule has 4 heteroatoms. The fraction of sp³-hybridized carbons (Fsp3) is 0.364. The van der Waals surface area contributed by atoms with Crippen LogP contribution in [0.2, 0.25) is 0 Å². The van der Waals surface area contributed by atoms with Crippen LogP contribution in [-0.2, 0) is 4.79 Å². The Morgan fingerprint density at radius 2 is 1.50 bits per heavy atom. The van der Waals surface area contributed by atoms with Gasteiger partial charge in [-0.25, -0.2) is 0 Å². The lowest BCUT2D eigenvalue weighted by Crippen LogP contribution is -2.49. The maximum Gasteiger partial charge on any atom is 0.260 e. The van der Waals surface area contributed by atoms with E-state index in [1.54, 1.807) is 36.4 Å². The number of hydrogen-bond acceptors (Lipinski definition) is 3. The number of rotatable bonds is 5. The number of carbonyl (C=O) groups excluding carboxylic acids is 2. The third-order valence-corrected chi connectivity index (χ3v) is 5.00.